The van der Waals surface area contributed by atoms with Crippen LogP contribution in [0.3, 0.4) is 0 Å². The molecule has 1 aromatic heterocycles. The van der Waals surface area contributed by atoms with Crippen molar-refractivity contribution in [3.63, 3.8) is 0 Å². The largest absolute Gasteiger partial charge is 0.493 e. The van der Waals surface area contributed by atoms with Crippen molar-refractivity contribution in [2.75, 3.05) is 46.7 Å². The van der Waals surface area contributed by atoms with Gasteiger partial charge in [0.25, 0.3) is 5.91 Å². The Morgan fingerprint density at radius 3 is 2.50 bits per heavy atom. The predicted octanol–water partition coefficient (Wildman–Crippen LogP) is 3.40. The number of nitrogens with zero attached hydrogens (tertiary/aromatic N) is 3. The van der Waals surface area contributed by atoms with Gasteiger partial charge in [0, 0.05) is 24.6 Å². The van der Waals surface area contributed by atoms with Gasteiger partial charge in [-0.05, 0) is 54.6 Å². The van der Waals surface area contributed by atoms with Crippen molar-refractivity contribution in [2.24, 2.45) is 4.99 Å². The summed E-state index contributed by atoms with van der Waals surface area (Å²) >= 11 is 0. The molecule has 0 spiro atoms. The summed E-state index contributed by atoms with van der Waals surface area (Å²) < 4.78 is 27.5. The molecule has 0 saturated carbocycles. The number of hydrogen-bond donors (Lipinski definition) is 1. The molecule has 38 heavy (non-hydrogen) atoms. The molecular weight excluding hydrogens is 492 g/mol. The maximum absolute atomic E-state index is 13.0. The van der Waals surface area contributed by atoms with Crippen molar-refractivity contribution in [3.05, 3.63) is 77.1 Å². The third-order valence-electron chi connectivity index (χ3n) is 5.60. The molecule has 0 fully saturated rings. The zero-order valence-electron chi connectivity index (χ0n) is 21.3. The highest BCUT2D eigenvalue weighted by atomic mass is 16.7. The maximum Gasteiger partial charge on any atom is 0.340 e. The van der Waals surface area contributed by atoms with Crippen molar-refractivity contribution >= 4 is 29.5 Å². The molecular formula is C27H28N4O7. The summed E-state index contributed by atoms with van der Waals surface area (Å²) in [5.41, 5.74) is 3.35. The number of carbonyl (C=O) groups excluding carboxylic acids is 2. The van der Waals surface area contributed by atoms with Crippen molar-refractivity contribution in [1.29, 1.82) is 0 Å². The molecule has 3 aromatic rings. The van der Waals surface area contributed by atoms with E-state index in [1.54, 1.807) is 62.6 Å². The van der Waals surface area contributed by atoms with Crippen molar-refractivity contribution in [3.8, 4) is 11.5 Å². The van der Waals surface area contributed by atoms with Gasteiger partial charge in [-0.2, -0.15) is 5.10 Å². The summed E-state index contributed by atoms with van der Waals surface area (Å²) in [4.78, 5) is 29.5. The molecule has 11 nitrogen and oxygen atoms in total. The summed E-state index contributed by atoms with van der Waals surface area (Å²) in [7, 11) is 4.70. The Morgan fingerprint density at radius 1 is 0.974 bits per heavy atom. The van der Waals surface area contributed by atoms with Gasteiger partial charge in [-0.25, -0.2) is 9.48 Å². The summed E-state index contributed by atoms with van der Waals surface area (Å²) in [6, 6.07) is 13.6. The fourth-order valence-corrected chi connectivity index (χ4v) is 3.67. The number of anilines is 1. The average Bonchev–Trinajstić information content (AvgIpc) is 3.27. The van der Waals surface area contributed by atoms with Crippen LogP contribution in [0.1, 0.15) is 32.1 Å². The molecule has 1 amide bonds. The van der Waals surface area contributed by atoms with Crippen LogP contribution in [0.5, 0.6) is 11.5 Å². The molecule has 1 aliphatic rings. The highest BCUT2D eigenvalue weighted by Gasteiger charge is 2.20. The second kappa shape index (κ2) is 12.7. The lowest BCUT2D eigenvalue weighted by Crippen LogP contribution is -2.14. The lowest BCUT2D eigenvalue weighted by molar-refractivity contribution is -0.0435. The Labute approximate surface area is 219 Å². The van der Waals surface area contributed by atoms with E-state index in [1.165, 1.54) is 0 Å². The van der Waals surface area contributed by atoms with Gasteiger partial charge in [-0.3, -0.25) is 9.79 Å². The fourth-order valence-electron chi connectivity index (χ4n) is 3.67. The molecule has 2 heterocycles. The van der Waals surface area contributed by atoms with Crippen LogP contribution in [0.2, 0.25) is 0 Å². The van der Waals surface area contributed by atoms with E-state index in [2.05, 4.69) is 15.4 Å². The number of carbonyl (C=O) groups is 2. The molecule has 1 aliphatic heterocycles. The van der Waals surface area contributed by atoms with Gasteiger partial charge in [0.15, 0.2) is 24.0 Å². The van der Waals surface area contributed by atoms with E-state index < -0.39 is 11.9 Å². The van der Waals surface area contributed by atoms with Crippen LogP contribution in [0.15, 0.2) is 59.6 Å². The van der Waals surface area contributed by atoms with E-state index >= 15 is 0 Å². The molecule has 0 aliphatic carbocycles. The normalized spacial score (nSPS) is 12.2. The highest BCUT2D eigenvalue weighted by molar-refractivity contribution is 6.03. The minimum Gasteiger partial charge on any atom is -0.493 e. The smallest absolute Gasteiger partial charge is 0.340 e. The Balaban J connectivity index is 1.45. The first kappa shape index (κ1) is 26.6. The monoisotopic (exact) mass is 520 g/mol. The van der Waals surface area contributed by atoms with E-state index in [-0.39, 0.29) is 12.5 Å². The Kier molecular flexibility index (Phi) is 8.85. The van der Waals surface area contributed by atoms with Crippen LogP contribution in [0.4, 0.5) is 5.69 Å². The molecule has 0 saturated heterocycles. The highest BCUT2D eigenvalue weighted by Crippen LogP contribution is 2.31. The average molecular weight is 521 g/mol. The number of fused-ring (bicyclic) bond motifs is 1. The van der Waals surface area contributed by atoms with Crippen LogP contribution in [-0.2, 0) is 20.8 Å². The second-order valence-electron chi connectivity index (χ2n) is 8.03. The Morgan fingerprint density at radius 2 is 1.76 bits per heavy atom. The van der Waals surface area contributed by atoms with Crippen LogP contribution < -0.4 is 14.8 Å². The van der Waals surface area contributed by atoms with Gasteiger partial charge >= 0.3 is 5.97 Å². The molecule has 11 heteroatoms. The van der Waals surface area contributed by atoms with Crippen LogP contribution in [-0.4, -0.2) is 69.2 Å². The van der Waals surface area contributed by atoms with E-state index in [0.717, 1.165) is 17.0 Å². The zero-order valence-corrected chi connectivity index (χ0v) is 21.3. The molecule has 0 atom stereocenters. The first-order valence-corrected chi connectivity index (χ1v) is 11.7. The summed E-state index contributed by atoms with van der Waals surface area (Å²) in [6.45, 7) is 0.923. The number of aromatic nitrogens is 2. The molecule has 4 rings (SSSR count). The second-order valence-corrected chi connectivity index (χ2v) is 8.03. The minimum absolute atomic E-state index is 0.171. The number of benzene rings is 2. The Bertz CT molecular complexity index is 1350. The predicted molar refractivity (Wildman–Crippen MR) is 140 cm³/mol. The number of allylic oxidation sites excluding steroid dienone is 1. The van der Waals surface area contributed by atoms with Crippen molar-refractivity contribution in [2.45, 2.75) is 6.54 Å². The maximum atomic E-state index is 13.0. The van der Waals surface area contributed by atoms with Gasteiger partial charge in [0.2, 0.25) is 0 Å². The summed E-state index contributed by atoms with van der Waals surface area (Å²) in [5, 5.41) is 7.35. The van der Waals surface area contributed by atoms with Gasteiger partial charge in [-0.15, -0.1) is 0 Å². The molecule has 198 valence electrons. The van der Waals surface area contributed by atoms with Crippen LogP contribution >= 0.6 is 0 Å². The molecule has 0 unspecified atom stereocenters. The topological polar surface area (TPSA) is 123 Å². The third-order valence-corrected chi connectivity index (χ3v) is 5.60. The molecule has 2 aromatic carbocycles. The number of amides is 1. The standard InChI is InChI=1S/C27H28N4O7/c1-34-12-13-37-17-38-27(33)18-4-7-20(8-5-18)29-26(32)22-15-21-16-28-11-10-23(31(21)30-22)19-6-9-24(35-2)25(14-19)36-3/h4-11,14-15H,12-13,16-17H2,1-3H3,(H,29,32). The Hall–Kier alpha value is -4.48. The van der Waals surface area contributed by atoms with Crippen molar-refractivity contribution in [1.82, 2.24) is 9.78 Å². The SMILES string of the molecule is COCCOCOC(=O)c1ccc(NC(=O)c2cc3n(n2)C(c2ccc(OC)c(OC)c2)=CC=NC3)cc1. The van der Waals surface area contributed by atoms with E-state index in [9.17, 15) is 9.59 Å². The molecule has 0 bridgehead atoms. The number of rotatable bonds is 11. The van der Waals surface area contributed by atoms with Gasteiger partial charge in [0.1, 0.15) is 0 Å². The van der Waals surface area contributed by atoms with Crippen LogP contribution in [0, 0.1) is 0 Å². The van der Waals surface area contributed by atoms with E-state index in [0.29, 0.717) is 42.5 Å². The first-order chi connectivity index (χ1) is 18.5. The van der Waals surface area contributed by atoms with E-state index in [1.807, 2.05) is 24.3 Å². The van der Waals surface area contributed by atoms with Gasteiger partial charge in [-0.1, -0.05) is 0 Å². The quantitative estimate of drug-likeness (QED) is 0.232. The van der Waals surface area contributed by atoms with Crippen molar-refractivity contribution < 1.29 is 33.3 Å². The molecule has 1 N–H and O–H groups in total. The number of ether oxygens (including phenoxy) is 5. The minimum atomic E-state index is -0.534. The fraction of sp³-hybridized carbons (Fsp3) is 0.259. The number of methoxy groups -OCH3 is 3. The third kappa shape index (κ3) is 6.25. The van der Waals surface area contributed by atoms with Gasteiger partial charge < -0.3 is 29.0 Å². The molecule has 0 radical (unpaired) electrons. The first-order valence-electron chi connectivity index (χ1n) is 11.7. The summed E-state index contributed by atoms with van der Waals surface area (Å²) in [5.74, 6) is 0.246. The summed E-state index contributed by atoms with van der Waals surface area (Å²) in [6.07, 6.45) is 3.53. The lowest BCUT2D eigenvalue weighted by Gasteiger charge is -2.13. The zero-order chi connectivity index (χ0) is 26.9. The van der Waals surface area contributed by atoms with Crippen LogP contribution in [0.25, 0.3) is 5.70 Å². The number of aliphatic imine (C=N–C) groups is 1. The number of nitrogens with one attached hydrogen (secondary N) is 1. The van der Waals surface area contributed by atoms with Gasteiger partial charge in [0.05, 0.1) is 50.9 Å². The number of hydrogen-bond acceptors (Lipinski definition) is 9. The van der Waals surface area contributed by atoms with E-state index in [4.69, 9.17) is 23.7 Å². The lowest BCUT2D eigenvalue weighted by atomic mass is 10.1. The number of esters is 1.